The topological polar surface area (TPSA) is 192 Å². The Morgan fingerprint density at radius 3 is 2.44 bits per heavy atom. The van der Waals surface area contributed by atoms with Gasteiger partial charge in [-0.3, -0.25) is 14.4 Å². The summed E-state index contributed by atoms with van der Waals surface area (Å²) < 4.78 is 11.0. The predicted octanol–water partition coefficient (Wildman–Crippen LogP) is 2.45. The van der Waals surface area contributed by atoms with Crippen molar-refractivity contribution in [2.24, 2.45) is 22.4 Å². The third-order valence-corrected chi connectivity index (χ3v) is 5.81. The zero-order valence-electron chi connectivity index (χ0n) is 19.7. The van der Waals surface area contributed by atoms with E-state index in [0.29, 0.717) is 48.1 Å². The van der Waals surface area contributed by atoms with E-state index in [9.17, 15) is 24.3 Å². The first kappa shape index (κ1) is 26.2. The third kappa shape index (κ3) is 6.38. The number of benzene rings is 2. The third-order valence-electron chi connectivity index (χ3n) is 5.81. The number of rotatable bonds is 8. The molecular weight excluding hydrogens is 470 g/mol. The molecule has 6 N–H and O–H groups in total. The molecule has 1 heterocycles. The lowest BCUT2D eigenvalue weighted by molar-refractivity contribution is -0.148. The van der Waals surface area contributed by atoms with Gasteiger partial charge in [-0.05, 0) is 55.5 Å². The molecule has 0 amide bonds. The van der Waals surface area contributed by atoms with Gasteiger partial charge in [0.1, 0.15) is 11.5 Å². The van der Waals surface area contributed by atoms with Crippen LogP contribution in [-0.4, -0.2) is 47.0 Å². The monoisotopic (exact) mass is 497 g/mol. The van der Waals surface area contributed by atoms with Gasteiger partial charge in [0.15, 0.2) is 11.7 Å². The predicted molar refractivity (Wildman–Crippen MR) is 129 cm³/mol. The molecule has 1 aliphatic heterocycles. The minimum atomic E-state index is -1.40. The number of hydrogen-bond acceptors (Lipinski definition) is 7. The van der Waals surface area contributed by atoms with Gasteiger partial charge < -0.3 is 31.2 Å². The van der Waals surface area contributed by atoms with Crippen molar-refractivity contribution < 1.29 is 38.9 Å². The number of fused-ring (bicyclic) bond motifs is 2. The van der Waals surface area contributed by atoms with Crippen LogP contribution < -0.4 is 20.9 Å². The number of hydrogen-bond donors (Lipinski definition) is 4. The molecule has 0 radical (unpaired) electrons. The van der Waals surface area contributed by atoms with E-state index in [1.165, 1.54) is 19.2 Å². The van der Waals surface area contributed by atoms with Crippen LogP contribution in [0.3, 0.4) is 0 Å². The largest absolute Gasteiger partial charge is 0.497 e. The van der Waals surface area contributed by atoms with Crippen molar-refractivity contribution in [1.82, 2.24) is 0 Å². The van der Waals surface area contributed by atoms with Crippen LogP contribution in [0, 0.1) is 5.92 Å². The quantitative estimate of drug-likeness (QED) is 0.138. The number of aryl methyl sites for hydroxylation is 1. The fourth-order valence-electron chi connectivity index (χ4n) is 4.10. The molecular formula is C25H27N3O8. The summed E-state index contributed by atoms with van der Waals surface area (Å²) in [6.07, 6.45) is 0.981. The smallest absolute Gasteiger partial charge is 0.343 e. The van der Waals surface area contributed by atoms with Crippen molar-refractivity contribution in [2.45, 2.75) is 38.5 Å². The highest BCUT2D eigenvalue weighted by atomic mass is 16.5. The van der Waals surface area contributed by atoms with Gasteiger partial charge in [0.2, 0.25) is 0 Å². The number of carboxylic acids is 2. The van der Waals surface area contributed by atoms with Gasteiger partial charge in [0.05, 0.1) is 30.7 Å². The maximum atomic E-state index is 13.2. The van der Waals surface area contributed by atoms with Crippen molar-refractivity contribution >= 4 is 35.3 Å². The lowest BCUT2D eigenvalue weighted by Gasteiger charge is -2.19. The fraction of sp³-hybridized carbons (Fsp3) is 0.320. The molecule has 0 bridgehead atoms. The Kier molecular flexibility index (Phi) is 8.26. The second-order valence-corrected chi connectivity index (χ2v) is 8.39. The first-order valence-electron chi connectivity index (χ1n) is 11.2. The number of guanidine groups is 1. The van der Waals surface area contributed by atoms with Crippen LogP contribution >= 0.6 is 0 Å². The minimum absolute atomic E-state index is 0.107. The number of carbonyl (C=O) groups excluding carboxylic acids is 2. The molecule has 190 valence electrons. The van der Waals surface area contributed by atoms with E-state index in [1.54, 1.807) is 18.2 Å². The van der Waals surface area contributed by atoms with Gasteiger partial charge in [-0.15, -0.1) is 0 Å². The molecule has 1 atom stereocenters. The summed E-state index contributed by atoms with van der Waals surface area (Å²) in [5.74, 6) is -5.08. The summed E-state index contributed by atoms with van der Waals surface area (Å²) in [6.45, 7) is 0. The van der Waals surface area contributed by atoms with E-state index in [2.05, 4.69) is 4.99 Å². The molecule has 0 spiro atoms. The Balaban J connectivity index is 2.01. The molecule has 0 aromatic heterocycles. The summed E-state index contributed by atoms with van der Waals surface area (Å²) >= 11 is 0. The molecule has 0 fully saturated rings. The number of carbonyl (C=O) groups is 4. The standard InChI is InChI=1S/C25H27N3O8/c1-35-16-11-19(20(29)9-14(23(32)33)10-22(30)31)18-5-3-2-4-13-8-15(28-25(26)27)6-7-17(13)24(34)36-21(18)12-16/h6-8,11-12,14H,2-5,9-10H2,1H3,(H,30,31)(H,32,33)(H4,26,27,28). The summed E-state index contributed by atoms with van der Waals surface area (Å²) in [6, 6.07) is 7.81. The van der Waals surface area contributed by atoms with Crippen LogP contribution in [0.25, 0.3) is 0 Å². The second kappa shape index (κ2) is 11.3. The average Bonchev–Trinajstić information content (AvgIpc) is 2.80. The number of carboxylic acid groups (broad SMARTS) is 2. The Labute approximate surface area is 206 Å². The van der Waals surface area contributed by atoms with Crippen molar-refractivity contribution in [3.05, 3.63) is 52.6 Å². The summed E-state index contributed by atoms with van der Waals surface area (Å²) in [5.41, 5.74) is 13.0. The SMILES string of the molecule is COc1cc2c(c(C(=O)CC(CC(=O)O)C(=O)O)c1)CCCCc1cc(N=C(N)N)ccc1C(=O)O2. The number of Topliss-reactive ketones (excluding diaryl/α,β-unsaturated/α-hetero) is 1. The highest BCUT2D eigenvalue weighted by Crippen LogP contribution is 2.34. The van der Waals surface area contributed by atoms with Gasteiger partial charge in [-0.1, -0.05) is 0 Å². The van der Waals surface area contributed by atoms with Crippen molar-refractivity contribution in [1.29, 1.82) is 0 Å². The molecule has 11 nitrogen and oxygen atoms in total. The zero-order valence-corrected chi connectivity index (χ0v) is 19.7. The molecule has 1 unspecified atom stereocenters. The molecule has 3 rings (SSSR count). The lowest BCUT2D eigenvalue weighted by Crippen LogP contribution is -2.22. The van der Waals surface area contributed by atoms with Crippen molar-refractivity contribution in [2.75, 3.05) is 7.11 Å². The van der Waals surface area contributed by atoms with E-state index >= 15 is 0 Å². The number of esters is 1. The van der Waals surface area contributed by atoms with Crippen LogP contribution in [0.2, 0.25) is 0 Å². The Morgan fingerprint density at radius 2 is 1.81 bits per heavy atom. The molecule has 0 aliphatic carbocycles. The van der Waals surface area contributed by atoms with E-state index in [-0.39, 0.29) is 23.0 Å². The van der Waals surface area contributed by atoms with Crippen molar-refractivity contribution in [3.63, 3.8) is 0 Å². The lowest BCUT2D eigenvalue weighted by atomic mass is 9.90. The normalized spacial score (nSPS) is 13.9. The van der Waals surface area contributed by atoms with Gasteiger partial charge in [-0.2, -0.15) is 0 Å². The molecule has 0 saturated heterocycles. The molecule has 0 saturated carbocycles. The Morgan fingerprint density at radius 1 is 1.08 bits per heavy atom. The van der Waals surface area contributed by atoms with E-state index in [4.69, 9.17) is 26.0 Å². The maximum absolute atomic E-state index is 13.2. The van der Waals surface area contributed by atoms with E-state index < -0.39 is 42.5 Å². The molecule has 11 heteroatoms. The number of nitrogens with two attached hydrogens (primary N) is 2. The summed E-state index contributed by atoms with van der Waals surface area (Å²) in [5, 5.41) is 18.4. The zero-order chi connectivity index (χ0) is 26.4. The van der Waals surface area contributed by atoms with Gasteiger partial charge in [0.25, 0.3) is 0 Å². The first-order valence-corrected chi connectivity index (χ1v) is 11.2. The number of aliphatic carboxylic acids is 2. The van der Waals surface area contributed by atoms with Crippen LogP contribution in [-0.2, 0) is 22.4 Å². The molecule has 36 heavy (non-hydrogen) atoms. The van der Waals surface area contributed by atoms with Crippen LogP contribution in [0.15, 0.2) is 35.3 Å². The number of aliphatic imine (C=N–C) groups is 1. The van der Waals surface area contributed by atoms with Crippen LogP contribution in [0.5, 0.6) is 11.5 Å². The van der Waals surface area contributed by atoms with Crippen molar-refractivity contribution in [3.8, 4) is 11.5 Å². The highest BCUT2D eigenvalue weighted by Gasteiger charge is 2.28. The average molecular weight is 498 g/mol. The van der Waals surface area contributed by atoms with Gasteiger partial charge >= 0.3 is 17.9 Å². The number of ketones is 1. The summed E-state index contributed by atoms with van der Waals surface area (Å²) in [7, 11) is 1.38. The highest BCUT2D eigenvalue weighted by molar-refractivity contribution is 6.01. The molecule has 1 aliphatic rings. The number of methoxy groups -OCH3 is 1. The van der Waals surface area contributed by atoms with Gasteiger partial charge in [-0.25, -0.2) is 9.79 Å². The van der Waals surface area contributed by atoms with Crippen LogP contribution in [0.4, 0.5) is 5.69 Å². The minimum Gasteiger partial charge on any atom is -0.497 e. The second-order valence-electron chi connectivity index (χ2n) is 8.39. The van der Waals surface area contributed by atoms with E-state index in [0.717, 1.165) is 0 Å². The first-order chi connectivity index (χ1) is 17.1. The molecule has 2 aromatic rings. The van der Waals surface area contributed by atoms with Gasteiger partial charge in [0, 0.05) is 23.6 Å². The molecule has 2 aromatic carbocycles. The number of ether oxygens (including phenoxy) is 2. The Bertz CT molecular complexity index is 1230. The number of nitrogens with zero attached hydrogens (tertiary/aromatic N) is 1. The maximum Gasteiger partial charge on any atom is 0.343 e. The van der Waals surface area contributed by atoms with Crippen LogP contribution in [0.1, 0.15) is 57.5 Å². The Hall–Kier alpha value is -4.41. The fourth-order valence-corrected chi connectivity index (χ4v) is 4.10. The van der Waals surface area contributed by atoms with E-state index in [1.807, 2.05) is 0 Å². The summed E-state index contributed by atoms with van der Waals surface area (Å²) in [4.78, 5) is 52.9.